The minimum Gasteiger partial charge on any atom is -0.480 e. The molecule has 0 unspecified atom stereocenters. The highest BCUT2D eigenvalue weighted by molar-refractivity contribution is 7.82. The van der Waals surface area contributed by atoms with E-state index < -0.39 is 37.6 Å². The topological polar surface area (TPSA) is 127 Å². The van der Waals surface area contributed by atoms with Crippen molar-refractivity contribution in [3.63, 3.8) is 0 Å². The summed E-state index contributed by atoms with van der Waals surface area (Å²) in [6, 6.07) is -1.01. The Morgan fingerprint density at radius 1 is 0.871 bits per heavy atom. The van der Waals surface area contributed by atoms with Gasteiger partial charge in [-0.2, -0.15) is 0 Å². The number of hydrogen-bond donors (Lipinski definition) is 3. The molecule has 0 radical (unpaired) electrons. The molecule has 0 aromatic carbocycles. The molecule has 0 saturated heterocycles. The van der Waals surface area contributed by atoms with Crippen LogP contribution in [0.1, 0.15) is 32.1 Å². The summed E-state index contributed by atoms with van der Waals surface area (Å²) in [4.78, 5) is 24.0. The molecule has 0 saturated carbocycles. The van der Waals surface area contributed by atoms with Gasteiger partial charge in [0.25, 0.3) is 0 Å². The third-order valence-corrected chi connectivity index (χ3v) is 13.8. The van der Waals surface area contributed by atoms with E-state index in [1.165, 1.54) is 0 Å². The first-order valence-corrected chi connectivity index (χ1v) is 14.7. The first kappa shape index (κ1) is 29.3. The van der Waals surface area contributed by atoms with Crippen LogP contribution in [-0.2, 0) is 18.7 Å². The zero-order chi connectivity index (χ0) is 23.9. The molecule has 0 aliphatic rings. The molecule has 0 aliphatic carbocycles. The number of carbonyl (C=O) groups excluding carboxylic acids is 1. The maximum atomic E-state index is 13.8. The zero-order valence-corrected chi connectivity index (χ0v) is 20.2. The van der Waals surface area contributed by atoms with E-state index >= 15 is 0 Å². The lowest BCUT2D eigenvalue weighted by Gasteiger charge is -2.33. The predicted molar refractivity (Wildman–Crippen MR) is 131 cm³/mol. The summed E-state index contributed by atoms with van der Waals surface area (Å²) in [5.41, 5.74) is 5.44. The Balaban J connectivity index is 5.66. The number of rotatable bonds is 19. The molecule has 31 heavy (non-hydrogen) atoms. The van der Waals surface area contributed by atoms with E-state index in [2.05, 4.69) is 31.6 Å². The van der Waals surface area contributed by atoms with Crippen molar-refractivity contribution in [2.45, 2.75) is 43.5 Å². The first-order chi connectivity index (χ1) is 14.6. The van der Waals surface area contributed by atoms with Gasteiger partial charge in [-0.05, 0) is 32.2 Å². The minimum atomic E-state index is -3.05. The zero-order valence-electron chi connectivity index (χ0n) is 18.4. The summed E-state index contributed by atoms with van der Waals surface area (Å²) in [6.07, 6.45) is 8.45. The predicted octanol–water partition coefficient (Wildman–Crippen LogP) is 4.26. The van der Waals surface area contributed by atoms with Crippen LogP contribution in [0.3, 0.4) is 0 Å². The van der Waals surface area contributed by atoms with Crippen molar-refractivity contribution in [2.24, 2.45) is 5.73 Å². The minimum absolute atomic E-state index is 0.0815. The largest absolute Gasteiger partial charge is 0.480 e. The number of carboxylic acids is 1. The van der Waals surface area contributed by atoms with E-state index in [4.69, 9.17) is 5.73 Å². The van der Waals surface area contributed by atoms with Gasteiger partial charge in [0, 0.05) is 31.1 Å². The molecule has 7 nitrogen and oxygen atoms in total. The normalized spacial score (nSPS) is 12.7. The second-order valence-electron chi connectivity index (χ2n) is 7.55. The molecule has 0 bridgehead atoms. The molecule has 0 heterocycles. The van der Waals surface area contributed by atoms with Crippen molar-refractivity contribution < 1.29 is 23.8 Å². The van der Waals surface area contributed by atoms with Gasteiger partial charge in [0.2, 0.25) is 5.91 Å². The van der Waals surface area contributed by atoms with E-state index in [0.717, 1.165) is 0 Å². The summed E-state index contributed by atoms with van der Waals surface area (Å²) < 4.78 is 27.6. The first-order valence-electron chi connectivity index (χ1n) is 10.4. The number of aliphatic carboxylic acids is 1. The Morgan fingerprint density at radius 3 is 1.68 bits per heavy atom. The average Bonchev–Trinajstić information content (AvgIpc) is 2.68. The van der Waals surface area contributed by atoms with Gasteiger partial charge in [0.05, 0.1) is 5.40 Å². The van der Waals surface area contributed by atoms with Crippen molar-refractivity contribution in [2.75, 3.05) is 31.2 Å². The van der Waals surface area contributed by atoms with Crippen LogP contribution in [0.5, 0.6) is 0 Å². The average molecular weight is 473 g/mol. The van der Waals surface area contributed by atoms with Gasteiger partial charge in [-0.25, -0.2) is 4.79 Å². The number of carboxylic acid groups (broad SMARTS) is 1. The van der Waals surface area contributed by atoms with Crippen LogP contribution in [0.4, 0.5) is 0 Å². The molecule has 4 N–H and O–H groups in total. The third-order valence-electron chi connectivity index (χ3n) is 5.05. The van der Waals surface area contributed by atoms with Crippen molar-refractivity contribution in [3.8, 4) is 0 Å². The molecule has 0 aromatic rings. The maximum Gasteiger partial charge on any atom is 0.326 e. The van der Waals surface area contributed by atoms with E-state index in [1.54, 1.807) is 24.3 Å². The standard InChI is InChI=1S/C22H38N2O5P2/c1-5-15-30(28,16-6-2)21(31(29,17-7-3)18-8-4)13-12-20(25)24-19(22(26)27)11-9-10-14-23/h5-8,19,21H,1-4,9-18,23H2,(H,24,25)(H,26,27)/t19-/m0/s1. The van der Waals surface area contributed by atoms with Crippen LogP contribution in [-0.4, -0.2) is 59.6 Å². The fourth-order valence-electron chi connectivity index (χ4n) is 3.64. The van der Waals surface area contributed by atoms with Gasteiger partial charge in [0.1, 0.15) is 20.3 Å². The quantitative estimate of drug-likeness (QED) is 0.146. The highest BCUT2D eigenvalue weighted by Crippen LogP contribution is 2.69. The molecule has 176 valence electrons. The number of carbonyl (C=O) groups is 2. The van der Waals surface area contributed by atoms with Crippen molar-refractivity contribution in [1.29, 1.82) is 0 Å². The van der Waals surface area contributed by atoms with Crippen LogP contribution < -0.4 is 11.1 Å². The van der Waals surface area contributed by atoms with Crippen LogP contribution >= 0.6 is 14.3 Å². The Kier molecular flexibility index (Phi) is 14.4. The molecule has 9 heteroatoms. The Hall–Kier alpha value is -1.68. The van der Waals surface area contributed by atoms with Gasteiger partial charge in [-0.1, -0.05) is 24.3 Å². The molecule has 0 fully saturated rings. The molecule has 1 amide bonds. The molecule has 0 rings (SSSR count). The van der Waals surface area contributed by atoms with E-state index in [-0.39, 0.29) is 43.9 Å². The maximum absolute atomic E-state index is 13.8. The molecule has 1 atom stereocenters. The molecule has 0 aromatic heterocycles. The van der Waals surface area contributed by atoms with Crippen molar-refractivity contribution in [1.82, 2.24) is 5.32 Å². The number of unbranched alkanes of at least 4 members (excludes halogenated alkanes) is 1. The Bertz CT molecular complexity index is 669. The molecular formula is C22H38N2O5P2. The van der Waals surface area contributed by atoms with E-state index in [0.29, 0.717) is 19.4 Å². The number of allylic oxidation sites excluding steroid dienone is 4. The summed E-state index contributed by atoms with van der Waals surface area (Å²) in [5, 5.41) is 11.2. The fourth-order valence-corrected chi connectivity index (χ4v) is 12.1. The van der Waals surface area contributed by atoms with E-state index in [9.17, 15) is 23.8 Å². The van der Waals surface area contributed by atoms with Crippen LogP contribution in [0.25, 0.3) is 0 Å². The van der Waals surface area contributed by atoms with Crippen LogP contribution in [0.15, 0.2) is 50.6 Å². The highest BCUT2D eigenvalue weighted by Gasteiger charge is 2.43. The second kappa shape index (κ2) is 15.2. The van der Waals surface area contributed by atoms with Crippen molar-refractivity contribution >= 4 is 26.2 Å². The number of nitrogens with one attached hydrogen (secondary N) is 1. The van der Waals surface area contributed by atoms with Gasteiger partial charge in [-0.15, -0.1) is 26.3 Å². The summed E-state index contributed by atoms with van der Waals surface area (Å²) >= 11 is 0. The SMILES string of the molecule is C=CCP(=O)(CC=C)C(CCC(=O)N[C@@H](CCCCN)C(=O)O)P(=O)(CC=C)CC=C. The van der Waals surface area contributed by atoms with Gasteiger partial charge >= 0.3 is 5.97 Å². The Labute approximate surface area is 186 Å². The molecule has 0 aliphatic heterocycles. The van der Waals surface area contributed by atoms with Crippen molar-refractivity contribution in [3.05, 3.63) is 50.6 Å². The summed E-state index contributed by atoms with van der Waals surface area (Å²) in [7, 11) is -6.09. The lowest BCUT2D eigenvalue weighted by molar-refractivity contribution is -0.142. The van der Waals surface area contributed by atoms with Gasteiger partial charge in [-0.3, -0.25) is 4.79 Å². The number of hydrogen-bond acceptors (Lipinski definition) is 5. The Morgan fingerprint density at radius 2 is 1.32 bits per heavy atom. The summed E-state index contributed by atoms with van der Waals surface area (Å²) in [5.74, 6) is -1.59. The van der Waals surface area contributed by atoms with Gasteiger partial charge < -0.3 is 25.3 Å². The molecule has 0 spiro atoms. The lowest BCUT2D eigenvalue weighted by Crippen LogP contribution is -2.41. The van der Waals surface area contributed by atoms with Gasteiger partial charge in [0.15, 0.2) is 0 Å². The molecular weight excluding hydrogens is 434 g/mol. The number of amides is 1. The monoisotopic (exact) mass is 472 g/mol. The smallest absolute Gasteiger partial charge is 0.326 e. The lowest BCUT2D eigenvalue weighted by atomic mass is 10.1. The number of nitrogens with two attached hydrogens (primary N) is 1. The van der Waals surface area contributed by atoms with E-state index in [1.807, 2.05) is 0 Å². The third kappa shape index (κ3) is 9.99. The second-order valence-corrected chi connectivity index (χ2v) is 14.5. The van der Waals surface area contributed by atoms with Crippen LogP contribution in [0.2, 0.25) is 0 Å². The highest BCUT2D eigenvalue weighted by atomic mass is 31.2. The van der Waals surface area contributed by atoms with Crippen LogP contribution in [0, 0.1) is 0 Å². The fraction of sp³-hybridized carbons (Fsp3) is 0.545. The summed E-state index contributed by atoms with van der Waals surface area (Å²) in [6.45, 7) is 15.2.